The lowest BCUT2D eigenvalue weighted by atomic mass is 9.12. The van der Waals surface area contributed by atoms with Crippen molar-refractivity contribution in [3.63, 3.8) is 0 Å². The fourth-order valence-electron chi connectivity index (χ4n) is 6.70. The number of rotatable bonds is 10. The fourth-order valence-corrected chi connectivity index (χ4v) is 6.70. The molecular formula is C38H12BF20N3O4. The maximum atomic E-state index is 15.4. The average molecular weight is 965 g/mol. The number of Topliss-reactive ketones (excluding diaryl/α,β-unsaturated/α-hetero) is 2. The summed E-state index contributed by atoms with van der Waals surface area (Å²) in [5.41, 5.74) is -13.8. The van der Waals surface area contributed by atoms with Crippen molar-refractivity contribution in [1.82, 2.24) is 4.98 Å². The number of benzene rings is 5. The van der Waals surface area contributed by atoms with Gasteiger partial charge in [0, 0.05) is 10.5 Å². The Morgan fingerprint density at radius 3 is 1.05 bits per heavy atom. The summed E-state index contributed by atoms with van der Waals surface area (Å²) in [5.74, 6) is -72.3. The van der Waals surface area contributed by atoms with Crippen LogP contribution in [-0.2, 0) is 6.54 Å². The van der Waals surface area contributed by atoms with E-state index in [1.54, 1.807) is 30.3 Å². The fraction of sp³-hybridized carbons (Fsp3) is 0.0526. The molecule has 0 saturated heterocycles. The van der Waals surface area contributed by atoms with Gasteiger partial charge in [0.25, 0.3) is 18.0 Å². The zero-order valence-electron chi connectivity index (χ0n) is 31.1. The lowest BCUT2D eigenvalue weighted by Gasteiger charge is -2.44. The Balaban J connectivity index is 0.000000324. The molecule has 0 aliphatic carbocycles. The maximum absolute atomic E-state index is 15.4. The molecule has 0 atom stereocenters. The third kappa shape index (κ3) is 8.03. The summed E-state index contributed by atoms with van der Waals surface area (Å²) in [4.78, 5) is 37.4. The maximum Gasteiger partial charge on any atom is 0.298 e. The number of hydrogen-bond donors (Lipinski definition) is 0. The molecule has 0 unspecified atom stereocenters. The molecule has 0 aliphatic rings. The van der Waals surface area contributed by atoms with Gasteiger partial charge in [0.15, 0.2) is 76.0 Å². The normalized spacial score (nSPS) is 11.4. The average Bonchev–Trinajstić information content (AvgIpc) is 3.29. The molecule has 346 valence electrons. The van der Waals surface area contributed by atoms with Gasteiger partial charge in [0.05, 0.1) is 6.20 Å². The molecule has 1 heterocycles. The summed E-state index contributed by atoms with van der Waals surface area (Å²) in [6, 6.07) is 8.61. The zero-order chi connectivity index (χ0) is 49.6. The van der Waals surface area contributed by atoms with Crippen LogP contribution < -0.4 is 26.4 Å². The molecule has 5 aromatic carbocycles. The monoisotopic (exact) mass is 965 g/mol. The Morgan fingerprint density at radius 1 is 0.470 bits per heavy atom. The summed E-state index contributed by atoms with van der Waals surface area (Å²) in [6.07, 6.45) is -3.12. The van der Waals surface area contributed by atoms with E-state index in [1.807, 2.05) is 0 Å². The minimum atomic E-state index is -7.22. The van der Waals surface area contributed by atoms with Gasteiger partial charge < -0.3 is 0 Å². The Kier molecular flexibility index (Phi) is 14.0. The van der Waals surface area contributed by atoms with Crippen LogP contribution in [0.4, 0.5) is 87.8 Å². The van der Waals surface area contributed by atoms with Gasteiger partial charge in [0.1, 0.15) is 58.9 Å². The number of carbonyl (C=O) groups excluding carboxylic acids is 2. The predicted molar refractivity (Wildman–Crippen MR) is 181 cm³/mol. The number of aromatic nitrogens is 2. The first-order valence-electron chi connectivity index (χ1n) is 17.1. The molecule has 6 rings (SSSR count). The summed E-state index contributed by atoms with van der Waals surface area (Å²) < 4.78 is 295. The number of nitro groups is 1. The molecule has 0 radical (unpaired) electrons. The first-order chi connectivity index (χ1) is 30.8. The number of halogens is 20. The van der Waals surface area contributed by atoms with E-state index in [-0.39, 0.29) is 18.0 Å². The van der Waals surface area contributed by atoms with Gasteiger partial charge in [-0.05, 0) is 0 Å². The first-order valence-corrected chi connectivity index (χ1v) is 17.1. The van der Waals surface area contributed by atoms with Gasteiger partial charge in [-0.3, -0.25) is 24.7 Å². The van der Waals surface area contributed by atoms with E-state index in [9.17, 15) is 72.4 Å². The Morgan fingerprint density at radius 2 is 0.758 bits per heavy atom. The van der Waals surface area contributed by atoms with E-state index >= 15 is 35.1 Å². The van der Waals surface area contributed by atoms with Crippen molar-refractivity contribution in [3.8, 4) is 0 Å². The Hall–Kier alpha value is -7.42. The molecule has 1 aromatic heterocycles. The van der Waals surface area contributed by atoms with Crippen LogP contribution in [0, 0.1) is 126 Å². The molecule has 0 spiro atoms. The molecule has 0 fully saturated rings. The van der Waals surface area contributed by atoms with E-state index in [4.69, 9.17) is 0 Å². The standard InChI is InChI=1S/C24BF20.C14H12N3O4/c26-5-1(6(27)14(35)21(42)13(5)34)25(2-7(28)15(36)22(43)16(37)8(2)29,3-9(30)17(38)23(44)18(39)10(3)31)4-11(32)19(40)24(45)20(41)12(4)33;18-13(11-4-2-1-3-5-11)9-16-7-6-15-8-12(16)14(19)10-17(20)21/h;1-8H,9-10H2/q-1;+1. The van der Waals surface area contributed by atoms with Crippen molar-refractivity contribution in [2.45, 2.75) is 6.54 Å². The lowest BCUT2D eigenvalue weighted by Crippen LogP contribution is -2.81. The van der Waals surface area contributed by atoms with Crippen molar-refractivity contribution in [3.05, 3.63) is 187 Å². The van der Waals surface area contributed by atoms with Gasteiger partial charge in [-0.25, -0.2) is 87.8 Å². The second kappa shape index (κ2) is 18.6. The van der Waals surface area contributed by atoms with E-state index < -0.39 is 162 Å². The van der Waals surface area contributed by atoms with E-state index in [1.165, 1.54) is 23.2 Å². The van der Waals surface area contributed by atoms with E-state index in [0.29, 0.717) is 5.56 Å². The van der Waals surface area contributed by atoms with Crippen molar-refractivity contribution < 1.29 is 107 Å². The van der Waals surface area contributed by atoms with Gasteiger partial charge >= 0.3 is 0 Å². The highest BCUT2D eigenvalue weighted by Gasteiger charge is 2.52. The SMILES string of the molecule is Fc1c(F)c(F)c([B-](c2c(F)c(F)c(F)c(F)c2F)(c2c(F)c(F)c(F)c(F)c2F)c2c(F)c(F)c(F)c(F)c2F)c(F)c1F.O=C(C[n+]1ccncc1C(=O)C[N+](=O)[O-])c1ccccc1. The van der Waals surface area contributed by atoms with Crippen LogP contribution in [0.15, 0.2) is 48.9 Å². The van der Waals surface area contributed by atoms with Gasteiger partial charge in [-0.2, -0.15) is 4.57 Å². The predicted octanol–water partition coefficient (Wildman–Crippen LogP) is 6.56. The lowest BCUT2D eigenvalue weighted by molar-refractivity contribution is -0.686. The second-order valence-corrected chi connectivity index (χ2v) is 13.1. The highest BCUT2D eigenvalue weighted by Crippen LogP contribution is 2.30. The largest absolute Gasteiger partial charge is 0.298 e. The quantitative estimate of drug-likeness (QED) is 0.0227. The van der Waals surface area contributed by atoms with Crippen LogP contribution >= 0.6 is 0 Å². The van der Waals surface area contributed by atoms with E-state index in [0.717, 1.165) is 0 Å². The van der Waals surface area contributed by atoms with Crippen molar-refractivity contribution in [2.75, 3.05) is 6.54 Å². The topological polar surface area (TPSA) is 94.1 Å². The van der Waals surface area contributed by atoms with Crippen LogP contribution in [0.25, 0.3) is 0 Å². The van der Waals surface area contributed by atoms with Crippen LogP contribution in [0.3, 0.4) is 0 Å². The summed E-state index contributed by atoms with van der Waals surface area (Å²) >= 11 is 0. The molecule has 7 nitrogen and oxygen atoms in total. The minimum absolute atomic E-state index is 0.0403. The summed E-state index contributed by atoms with van der Waals surface area (Å²) in [5, 5.41) is 10.4. The minimum Gasteiger partial charge on any atom is -0.287 e. The highest BCUT2D eigenvalue weighted by atomic mass is 19.2. The summed E-state index contributed by atoms with van der Waals surface area (Å²) in [7, 11) is 0. The van der Waals surface area contributed by atoms with Crippen molar-refractivity contribution in [1.29, 1.82) is 0 Å². The number of carbonyl (C=O) groups is 2. The van der Waals surface area contributed by atoms with Gasteiger partial charge in [-0.15, -0.1) is 21.9 Å². The molecule has 6 aromatic rings. The van der Waals surface area contributed by atoms with Crippen molar-refractivity contribution in [2.24, 2.45) is 0 Å². The zero-order valence-corrected chi connectivity index (χ0v) is 31.1. The molecular weight excluding hydrogens is 953 g/mol. The third-order valence-corrected chi connectivity index (χ3v) is 9.51. The summed E-state index contributed by atoms with van der Waals surface area (Å²) in [6.45, 7) is -0.906. The third-order valence-electron chi connectivity index (χ3n) is 9.51. The van der Waals surface area contributed by atoms with Crippen LogP contribution in [0.2, 0.25) is 0 Å². The van der Waals surface area contributed by atoms with Crippen LogP contribution in [0.5, 0.6) is 0 Å². The highest BCUT2D eigenvalue weighted by molar-refractivity contribution is 7.20. The van der Waals surface area contributed by atoms with Crippen LogP contribution in [0.1, 0.15) is 20.8 Å². The molecule has 0 bridgehead atoms. The molecule has 66 heavy (non-hydrogen) atoms. The van der Waals surface area contributed by atoms with E-state index in [2.05, 4.69) is 4.98 Å². The number of ketones is 2. The smallest absolute Gasteiger partial charge is 0.287 e. The second-order valence-electron chi connectivity index (χ2n) is 13.1. The Bertz CT molecular complexity index is 2630. The number of nitrogens with zero attached hydrogens (tertiary/aromatic N) is 3. The molecule has 0 N–H and O–H groups in total. The molecule has 28 heteroatoms. The first kappa shape index (κ1) is 49.6. The molecule has 0 amide bonds. The molecule has 0 aliphatic heterocycles. The number of hydrogen-bond acceptors (Lipinski definition) is 5. The van der Waals surface area contributed by atoms with Crippen molar-refractivity contribution >= 4 is 39.6 Å². The Labute approximate surface area is 351 Å². The van der Waals surface area contributed by atoms with Crippen LogP contribution in [-0.4, -0.2) is 34.2 Å². The molecule has 0 saturated carbocycles. The van der Waals surface area contributed by atoms with Gasteiger partial charge in [0.2, 0.25) is 12.3 Å². The van der Waals surface area contributed by atoms with Gasteiger partial charge in [-0.1, -0.05) is 30.3 Å².